The number of aryl methyl sites for hydroxylation is 1. The Morgan fingerprint density at radius 3 is 2.37 bits per heavy atom. The van der Waals surface area contributed by atoms with Crippen LogP contribution in [0.15, 0.2) is 29.2 Å². The van der Waals surface area contributed by atoms with Gasteiger partial charge in [-0.1, -0.05) is 42.9 Å². The van der Waals surface area contributed by atoms with Crippen molar-refractivity contribution in [2.45, 2.75) is 62.8 Å². The Balaban J connectivity index is 2.38. The standard InChI is InChI=1S/C22H29NO6S/c1-4-13-22(14-11-19(24)12-15-22)23(16-5-6-17-29-21(25)28-3)30(26,27)20-9-7-18(2)8-10-20/h7-10H,4,11-17H2,1-3H3. The summed E-state index contributed by atoms with van der Waals surface area (Å²) in [6.45, 7) is 3.66. The molecule has 0 radical (unpaired) electrons. The second kappa shape index (κ2) is 10.6. The minimum absolute atomic E-state index is 0.0467. The van der Waals surface area contributed by atoms with E-state index in [1.54, 1.807) is 24.3 Å². The van der Waals surface area contributed by atoms with Crippen molar-refractivity contribution in [1.29, 1.82) is 0 Å². The van der Waals surface area contributed by atoms with Crippen LogP contribution in [0.3, 0.4) is 0 Å². The maximum atomic E-state index is 13.6. The molecular formula is C22H29NO6S. The van der Waals surface area contributed by atoms with Crippen LogP contribution in [0, 0.1) is 18.8 Å². The van der Waals surface area contributed by atoms with Gasteiger partial charge in [-0.3, -0.25) is 4.79 Å². The van der Waals surface area contributed by atoms with Crippen LogP contribution in [-0.2, 0) is 24.3 Å². The number of carbonyl (C=O) groups is 2. The molecular weight excluding hydrogens is 406 g/mol. The average Bonchev–Trinajstić information content (AvgIpc) is 2.72. The lowest BCUT2D eigenvalue weighted by atomic mass is 9.78. The van der Waals surface area contributed by atoms with Crippen molar-refractivity contribution < 1.29 is 27.5 Å². The van der Waals surface area contributed by atoms with Crippen molar-refractivity contribution in [3.05, 3.63) is 29.8 Å². The molecule has 30 heavy (non-hydrogen) atoms. The van der Waals surface area contributed by atoms with E-state index in [1.165, 1.54) is 11.4 Å². The molecule has 0 aromatic heterocycles. The zero-order valence-corrected chi connectivity index (χ0v) is 18.6. The molecule has 0 unspecified atom stereocenters. The van der Waals surface area contributed by atoms with Gasteiger partial charge >= 0.3 is 6.16 Å². The largest absolute Gasteiger partial charge is 0.508 e. The van der Waals surface area contributed by atoms with Gasteiger partial charge in [-0.15, -0.1) is 0 Å². The van der Waals surface area contributed by atoms with Gasteiger partial charge in [-0.25, -0.2) is 13.2 Å². The smallest absolute Gasteiger partial charge is 0.438 e. The number of carbonyl (C=O) groups excluding carboxylic acids is 2. The summed E-state index contributed by atoms with van der Waals surface area (Å²) in [5.74, 6) is 5.66. The SMILES string of the molecule is CCCC1(N(CC#CCOC(=O)OC)S(=O)(=O)c2ccc(C)cc2)CCC(=O)CC1. The number of ketones is 1. The molecule has 0 atom stereocenters. The van der Waals surface area contributed by atoms with Crippen LogP contribution < -0.4 is 0 Å². The number of hydrogen-bond acceptors (Lipinski definition) is 6. The summed E-state index contributed by atoms with van der Waals surface area (Å²) < 4.78 is 37.8. The average molecular weight is 436 g/mol. The van der Waals surface area contributed by atoms with E-state index in [4.69, 9.17) is 4.74 Å². The summed E-state index contributed by atoms with van der Waals surface area (Å²) in [4.78, 5) is 23.1. The first-order valence-electron chi connectivity index (χ1n) is 10.0. The van der Waals surface area contributed by atoms with Gasteiger partial charge in [0.2, 0.25) is 10.0 Å². The van der Waals surface area contributed by atoms with Crippen LogP contribution >= 0.6 is 0 Å². The molecule has 0 N–H and O–H groups in total. The molecule has 0 spiro atoms. The molecule has 1 aliphatic carbocycles. The Bertz CT molecular complexity index is 901. The highest BCUT2D eigenvalue weighted by Gasteiger charge is 2.45. The van der Waals surface area contributed by atoms with Crippen molar-refractivity contribution >= 4 is 22.0 Å². The van der Waals surface area contributed by atoms with Gasteiger partial charge < -0.3 is 9.47 Å². The fraction of sp³-hybridized carbons (Fsp3) is 0.545. The van der Waals surface area contributed by atoms with Gasteiger partial charge in [0.1, 0.15) is 5.78 Å². The number of hydrogen-bond donors (Lipinski definition) is 0. The van der Waals surface area contributed by atoms with E-state index in [0.717, 1.165) is 12.0 Å². The molecule has 0 amide bonds. The Morgan fingerprint density at radius 2 is 1.80 bits per heavy atom. The van der Waals surface area contributed by atoms with E-state index < -0.39 is 21.7 Å². The van der Waals surface area contributed by atoms with Gasteiger partial charge in [-0.2, -0.15) is 4.31 Å². The monoisotopic (exact) mass is 435 g/mol. The lowest BCUT2D eigenvalue weighted by Gasteiger charge is -2.44. The molecule has 0 bridgehead atoms. The summed E-state index contributed by atoms with van der Waals surface area (Å²) >= 11 is 0. The third kappa shape index (κ3) is 5.83. The van der Waals surface area contributed by atoms with Crippen LogP contribution in [0.4, 0.5) is 4.79 Å². The summed E-state index contributed by atoms with van der Waals surface area (Å²) in [6.07, 6.45) is 2.26. The quantitative estimate of drug-likeness (QED) is 0.481. The van der Waals surface area contributed by atoms with Crippen LogP contribution in [0.2, 0.25) is 0 Å². The van der Waals surface area contributed by atoms with Gasteiger partial charge in [-0.05, 0) is 38.3 Å². The Labute approximate surface area is 178 Å². The molecule has 7 nitrogen and oxygen atoms in total. The highest BCUT2D eigenvalue weighted by Crippen LogP contribution is 2.39. The van der Waals surface area contributed by atoms with Crippen molar-refractivity contribution in [3.63, 3.8) is 0 Å². The van der Waals surface area contributed by atoms with E-state index in [9.17, 15) is 18.0 Å². The van der Waals surface area contributed by atoms with Crippen molar-refractivity contribution in [1.82, 2.24) is 4.31 Å². The Hall–Kier alpha value is -2.37. The molecule has 1 aromatic carbocycles. The highest BCUT2D eigenvalue weighted by molar-refractivity contribution is 7.89. The highest BCUT2D eigenvalue weighted by atomic mass is 32.2. The first kappa shape index (κ1) is 23.9. The van der Waals surface area contributed by atoms with Gasteiger partial charge in [0.25, 0.3) is 0 Å². The number of sulfonamides is 1. The summed E-state index contributed by atoms with van der Waals surface area (Å²) in [6, 6.07) is 6.72. The molecule has 0 heterocycles. The maximum Gasteiger partial charge on any atom is 0.508 e. The predicted molar refractivity (Wildman–Crippen MR) is 112 cm³/mol. The molecule has 1 fully saturated rings. The number of Topliss-reactive ketones (excluding diaryl/α,β-unsaturated/α-hetero) is 1. The van der Waals surface area contributed by atoms with Crippen molar-refractivity contribution in [2.24, 2.45) is 0 Å². The number of nitrogens with zero attached hydrogens (tertiary/aromatic N) is 1. The first-order valence-corrected chi connectivity index (χ1v) is 11.5. The van der Waals surface area contributed by atoms with Crippen molar-refractivity contribution in [2.75, 3.05) is 20.3 Å². The van der Waals surface area contributed by atoms with Gasteiger partial charge in [0, 0.05) is 18.4 Å². The topological polar surface area (TPSA) is 90.0 Å². The van der Waals surface area contributed by atoms with Crippen LogP contribution in [-0.4, -0.2) is 50.5 Å². The lowest BCUT2D eigenvalue weighted by molar-refractivity contribution is -0.122. The predicted octanol–water partition coefficient (Wildman–Crippen LogP) is 3.45. The zero-order chi connectivity index (χ0) is 22.2. The van der Waals surface area contributed by atoms with Crippen LogP contribution in [0.1, 0.15) is 51.0 Å². The molecule has 1 saturated carbocycles. The number of benzene rings is 1. The molecule has 1 aromatic rings. The summed E-state index contributed by atoms with van der Waals surface area (Å²) in [5, 5.41) is 0. The molecule has 2 rings (SSSR count). The molecule has 8 heteroatoms. The molecule has 0 aliphatic heterocycles. The van der Waals surface area contributed by atoms with Crippen molar-refractivity contribution in [3.8, 4) is 11.8 Å². The third-order valence-corrected chi connectivity index (χ3v) is 7.33. The van der Waals surface area contributed by atoms with E-state index in [1.807, 2.05) is 13.8 Å². The summed E-state index contributed by atoms with van der Waals surface area (Å²) in [5.41, 5.74) is 0.302. The van der Waals surface area contributed by atoms with Crippen LogP contribution in [0.5, 0.6) is 0 Å². The van der Waals surface area contributed by atoms with Gasteiger partial charge in [0.15, 0.2) is 6.61 Å². The molecule has 1 aliphatic rings. The van der Waals surface area contributed by atoms with E-state index in [-0.39, 0.29) is 23.8 Å². The first-order chi connectivity index (χ1) is 14.2. The van der Waals surface area contributed by atoms with Gasteiger partial charge in [0.05, 0.1) is 18.6 Å². The number of rotatable bonds is 7. The van der Waals surface area contributed by atoms with Crippen LogP contribution in [0.25, 0.3) is 0 Å². The maximum absolute atomic E-state index is 13.6. The zero-order valence-electron chi connectivity index (χ0n) is 17.8. The lowest BCUT2D eigenvalue weighted by Crippen LogP contribution is -2.53. The molecule has 164 valence electrons. The minimum atomic E-state index is -3.84. The number of ether oxygens (including phenoxy) is 2. The van der Waals surface area contributed by atoms with E-state index in [0.29, 0.717) is 32.1 Å². The second-order valence-corrected chi connectivity index (χ2v) is 9.30. The summed E-state index contributed by atoms with van der Waals surface area (Å²) in [7, 11) is -2.64. The Kier molecular flexibility index (Phi) is 8.44. The third-order valence-electron chi connectivity index (χ3n) is 5.37. The van der Waals surface area contributed by atoms with E-state index in [2.05, 4.69) is 16.6 Å². The molecule has 0 saturated heterocycles. The number of methoxy groups -OCH3 is 1. The fourth-order valence-electron chi connectivity index (χ4n) is 3.76. The van der Waals surface area contributed by atoms with E-state index >= 15 is 0 Å². The second-order valence-electron chi connectivity index (χ2n) is 7.43. The fourth-order valence-corrected chi connectivity index (χ4v) is 5.51. The normalized spacial score (nSPS) is 15.9. The Morgan fingerprint density at radius 1 is 1.17 bits per heavy atom. The minimum Gasteiger partial charge on any atom is -0.438 e.